The van der Waals surface area contributed by atoms with Crippen LogP contribution in [0.2, 0.25) is 5.02 Å². The molecule has 0 unspecified atom stereocenters. The standard InChI is InChI=1S/C17H20ClN3O2/c1-11-4-2-3-5-14(11)20-16(22)9-21-10-19-15-7-6-12(18)8-13(15)17(21)23/h6-8,10-11,14H,2-5,9H2,1H3,(H,20,22)/t11-,14-/m1/s1. The first-order chi connectivity index (χ1) is 11.0. The van der Waals surface area contributed by atoms with Crippen LogP contribution in [-0.2, 0) is 11.3 Å². The quantitative estimate of drug-likeness (QED) is 0.939. The van der Waals surface area contributed by atoms with Gasteiger partial charge in [-0.15, -0.1) is 0 Å². The number of benzene rings is 1. The van der Waals surface area contributed by atoms with Gasteiger partial charge in [0.05, 0.1) is 17.2 Å². The number of aromatic nitrogens is 2. The number of carbonyl (C=O) groups is 1. The molecule has 1 fully saturated rings. The topological polar surface area (TPSA) is 64.0 Å². The zero-order valence-electron chi connectivity index (χ0n) is 13.1. The van der Waals surface area contributed by atoms with Gasteiger partial charge in [-0.05, 0) is 37.0 Å². The molecule has 0 bridgehead atoms. The molecule has 3 rings (SSSR count). The monoisotopic (exact) mass is 333 g/mol. The minimum atomic E-state index is -0.246. The van der Waals surface area contributed by atoms with Gasteiger partial charge < -0.3 is 5.32 Å². The van der Waals surface area contributed by atoms with Crippen molar-refractivity contribution in [1.82, 2.24) is 14.9 Å². The molecule has 0 aliphatic heterocycles. The number of nitrogens with one attached hydrogen (secondary N) is 1. The molecule has 5 nitrogen and oxygen atoms in total. The van der Waals surface area contributed by atoms with E-state index in [2.05, 4.69) is 17.2 Å². The van der Waals surface area contributed by atoms with E-state index in [4.69, 9.17) is 11.6 Å². The Morgan fingerprint density at radius 2 is 2.17 bits per heavy atom. The number of nitrogens with zero attached hydrogens (tertiary/aromatic N) is 2. The molecule has 1 amide bonds. The second-order valence-corrected chi connectivity index (χ2v) is 6.71. The van der Waals surface area contributed by atoms with Crippen LogP contribution in [0.25, 0.3) is 10.9 Å². The average Bonchev–Trinajstić information content (AvgIpc) is 2.53. The normalized spacial score (nSPS) is 21.3. The van der Waals surface area contributed by atoms with Crippen molar-refractivity contribution in [3.8, 4) is 0 Å². The van der Waals surface area contributed by atoms with Crippen molar-refractivity contribution in [1.29, 1.82) is 0 Å². The van der Waals surface area contributed by atoms with Crippen LogP contribution in [0.1, 0.15) is 32.6 Å². The zero-order chi connectivity index (χ0) is 16.4. The fourth-order valence-corrected chi connectivity index (χ4v) is 3.35. The zero-order valence-corrected chi connectivity index (χ0v) is 13.8. The van der Waals surface area contributed by atoms with E-state index in [1.165, 1.54) is 17.3 Å². The van der Waals surface area contributed by atoms with E-state index in [-0.39, 0.29) is 24.1 Å². The van der Waals surface area contributed by atoms with Crippen LogP contribution in [0.5, 0.6) is 0 Å². The summed E-state index contributed by atoms with van der Waals surface area (Å²) in [4.78, 5) is 28.9. The molecule has 0 spiro atoms. The molecule has 1 aliphatic carbocycles. The predicted octanol–water partition coefficient (Wildman–Crippen LogP) is 2.74. The van der Waals surface area contributed by atoms with E-state index >= 15 is 0 Å². The Balaban J connectivity index is 1.77. The number of fused-ring (bicyclic) bond motifs is 1. The number of rotatable bonds is 3. The van der Waals surface area contributed by atoms with Crippen molar-refractivity contribution in [3.05, 3.63) is 39.9 Å². The Hall–Kier alpha value is -1.88. The second-order valence-electron chi connectivity index (χ2n) is 6.27. The third-order valence-electron chi connectivity index (χ3n) is 4.56. The highest BCUT2D eigenvalue weighted by molar-refractivity contribution is 6.31. The van der Waals surface area contributed by atoms with Gasteiger partial charge in [0, 0.05) is 11.1 Å². The van der Waals surface area contributed by atoms with Gasteiger partial charge in [0.1, 0.15) is 6.54 Å². The number of carbonyl (C=O) groups excluding carboxylic acids is 1. The molecule has 1 aromatic carbocycles. The van der Waals surface area contributed by atoms with Crippen LogP contribution in [-0.4, -0.2) is 21.5 Å². The lowest BCUT2D eigenvalue weighted by Crippen LogP contribution is -2.43. The van der Waals surface area contributed by atoms with Gasteiger partial charge in [0.2, 0.25) is 5.91 Å². The molecule has 2 atom stereocenters. The highest BCUT2D eigenvalue weighted by Gasteiger charge is 2.23. The van der Waals surface area contributed by atoms with E-state index in [1.54, 1.807) is 18.2 Å². The van der Waals surface area contributed by atoms with Gasteiger partial charge in [-0.2, -0.15) is 0 Å². The maximum atomic E-state index is 12.5. The summed E-state index contributed by atoms with van der Waals surface area (Å²) in [6, 6.07) is 5.18. The summed E-state index contributed by atoms with van der Waals surface area (Å²) in [6.07, 6.45) is 5.93. The SMILES string of the molecule is C[C@@H]1CCCC[C@H]1NC(=O)Cn1cnc2ccc(Cl)cc2c1=O. The lowest BCUT2D eigenvalue weighted by molar-refractivity contribution is -0.123. The first-order valence-electron chi connectivity index (χ1n) is 7.98. The molecule has 1 aliphatic rings. The molecule has 1 N–H and O–H groups in total. The van der Waals surface area contributed by atoms with Crippen LogP contribution < -0.4 is 10.9 Å². The Bertz CT molecular complexity index is 787. The van der Waals surface area contributed by atoms with Gasteiger partial charge in [0.15, 0.2) is 0 Å². The van der Waals surface area contributed by atoms with Crippen molar-refractivity contribution in [2.45, 2.75) is 45.2 Å². The summed E-state index contributed by atoms with van der Waals surface area (Å²) < 4.78 is 1.33. The first kappa shape index (κ1) is 16.0. The van der Waals surface area contributed by atoms with Gasteiger partial charge in [-0.1, -0.05) is 31.4 Å². The van der Waals surface area contributed by atoms with E-state index in [9.17, 15) is 9.59 Å². The molecular formula is C17H20ClN3O2. The number of hydrogen-bond acceptors (Lipinski definition) is 3. The van der Waals surface area contributed by atoms with E-state index in [0.717, 1.165) is 19.3 Å². The van der Waals surface area contributed by atoms with Gasteiger partial charge in [-0.3, -0.25) is 14.2 Å². The molecule has 2 aromatic rings. The van der Waals surface area contributed by atoms with Crippen molar-refractivity contribution in [2.24, 2.45) is 5.92 Å². The molecule has 1 saturated carbocycles. The lowest BCUT2D eigenvalue weighted by atomic mass is 9.86. The van der Waals surface area contributed by atoms with Gasteiger partial charge >= 0.3 is 0 Å². The van der Waals surface area contributed by atoms with Crippen LogP contribution in [0.15, 0.2) is 29.3 Å². The summed E-state index contributed by atoms with van der Waals surface area (Å²) in [6.45, 7) is 2.15. The summed E-state index contributed by atoms with van der Waals surface area (Å²) >= 11 is 5.94. The number of hydrogen-bond donors (Lipinski definition) is 1. The predicted molar refractivity (Wildman–Crippen MR) is 90.6 cm³/mol. The van der Waals surface area contributed by atoms with Crippen LogP contribution in [0.4, 0.5) is 0 Å². The Labute approximate surface area is 139 Å². The lowest BCUT2D eigenvalue weighted by Gasteiger charge is -2.29. The Kier molecular flexibility index (Phi) is 4.66. The molecule has 0 radical (unpaired) electrons. The van der Waals surface area contributed by atoms with Crippen LogP contribution in [0.3, 0.4) is 0 Å². The summed E-state index contributed by atoms with van der Waals surface area (Å²) in [5.74, 6) is 0.340. The van der Waals surface area contributed by atoms with E-state index in [1.807, 2.05) is 0 Å². The Morgan fingerprint density at radius 3 is 2.96 bits per heavy atom. The van der Waals surface area contributed by atoms with E-state index in [0.29, 0.717) is 21.8 Å². The third kappa shape index (κ3) is 3.55. The third-order valence-corrected chi connectivity index (χ3v) is 4.79. The summed E-state index contributed by atoms with van der Waals surface area (Å²) in [5.41, 5.74) is 0.335. The van der Waals surface area contributed by atoms with Crippen molar-refractivity contribution >= 4 is 28.4 Å². The van der Waals surface area contributed by atoms with Crippen molar-refractivity contribution in [3.63, 3.8) is 0 Å². The maximum Gasteiger partial charge on any atom is 0.261 e. The second kappa shape index (κ2) is 6.71. The van der Waals surface area contributed by atoms with E-state index < -0.39 is 0 Å². The minimum absolute atomic E-state index is 0.0164. The number of halogens is 1. The minimum Gasteiger partial charge on any atom is -0.352 e. The molecule has 122 valence electrons. The molecule has 23 heavy (non-hydrogen) atoms. The van der Waals surface area contributed by atoms with Gasteiger partial charge in [-0.25, -0.2) is 4.98 Å². The highest BCUT2D eigenvalue weighted by Crippen LogP contribution is 2.23. The smallest absolute Gasteiger partial charge is 0.261 e. The molecule has 1 heterocycles. The highest BCUT2D eigenvalue weighted by atomic mass is 35.5. The van der Waals surface area contributed by atoms with Crippen molar-refractivity contribution < 1.29 is 4.79 Å². The number of amides is 1. The van der Waals surface area contributed by atoms with Crippen LogP contribution >= 0.6 is 11.6 Å². The molecule has 1 aromatic heterocycles. The largest absolute Gasteiger partial charge is 0.352 e. The molecule has 6 heteroatoms. The molecular weight excluding hydrogens is 314 g/mol. The summed E-state index contributed by atoms with van der Waals surface area (Å²) in [7, 11) is 0. The summed E-state index contributed by atoms with van der Waals surface area (Å²) in [5, 5.41) is 3.96. The Morgan fingerprint density at radius 1 is 1.39 bits per heavy atom. The fraction of sp³-hybridized carbons (Fsp3) is 0.471. The van der Waals surface area contributed by atoms with Crippen LogP contribution in [0, 0.1) is 5.92 Å². The first-order valence-corrected chi connectivity index (χ1v) is 8.36. The molecule has 0 saturated heterocycles. The van der Waals surface area contributed by atoms with Gasteiger partial charge in [0.25, 0.3) is 5.56 Å². The average molecular weight is 334 g/mol. The van der Waals surface area contributed by atoms with Crippen molar-refractivity contribution in [2.75, 3.05) is 0 Å². The maximum absolute atomic E-state index is 12.5. The fourth-order valence-electron chi connectivity index (χ4n) is 3.18.